The van der Waals surface area contributed by atoms with Crippen molar-refractivity contribution in [3.05, 3.63) is 46.7 Å². The molecule has 1 aliphatic heterocycles. The zero-order valence-electron chi connectivity index (χ0n) is 13.7. The predicted molar refractivity (Wildman–Crippen MR) is 92.5 cm³/mol. The van der Waals surface area contributed by atoms with Crippen molar-refractivity contribution in [3.63, 3.8) is 0 Å². The number of carbonyl (C=O) groups is 1. The van der Waals surface area contributed by atoms with Gasteiger partial charge in [-0.2, -0.15) is 13.2 Å². The Morgan fingerprint density at radius 1 is 1.15 bits per heavy atom. The second-order valence-electron chi connectivity index (χ2n) is 5.94. The van der Waals surface area contributed by atoms with Crippen LogP contribution >= 0.6 is 11.6 Å². The summed E-state index contributed by atoms with van der Waals surface area (Å²) in [5.74, 6) is -0.162. The summed E-state index contributed by atoms with van der Waals surface area (Å²) in [5, 5.41) is 2.00. The van der Waals surface area contributed by atoms with Gasteiger partial charge in [0.15, 0.2) is 0 Å². The minimum Gasteiger partial charge on any atom is -0.341 e. The maximum atomic E-state index is 12.9. The number of alkyl halides is 3. The Morgan fingerprint density at radius 3 is 2.58 bits per heavy atom. The molecule has 2 heterocycles. The number of hydrogen-bond donors (Lipinski definition) is 1. The molecule has 1 fully saturated rings. The van der Waals surface area contributed by atoms with Crippen LogP contribution in [0.25, 0.3) is 0 Å². The Balaban J connectivity index is 1.78. The number of aromatic nitrogens is 2. The summed E-state index contributed by atoms with van der Waals surface area (Å²) < 4.78 is 38.8. The number of rotatable bonds is 3. The van der Waals surface area contributed by atoms with Crippen molar-refractivity contribution < 1.29 is 18.0 Å². The predicted octanol–water partition coefficient (Wildman–Crippen LogP) is 4.39. The van der Waals surface area contributed by atoms with E-state index in [2.05, 4.69) is 15.3 Å². The minimum absolute atomic E-state index is 0.00939. The van der Waals surface area contributed by atoms with Crippen LogP contribution < -0.4 is 10.2 Å². The van der Waals surface area contributed by atoms with Gasteiger partial charge >= 0.3 is 6.18 Å². The summed E-state index contributed by atoms with van der Waals surface area (Å²) in [6.07, 6.45) is 0.0768. The Bertz CT molecular complexity index is 807. The number of hydrogen-bond acceptors (Lipinski definition) is 4. The molecule has 0 radical (unpaired) electrons. The van der Waals surface area contributed by atoms with Crippen molar-refractivity contribution in [2.45, 2.75) is 25.4 Å². The third-order valence-corrected chi connectivity index (χ3v) is 4.37. The van der Waals surface area contributed by atoms with E-state index in [4.69, 9.17) is 11.6 Å². The van der Waals surface area contributed by atoms with E-state index in [9.17, 15) is 18.0 Å². The average molecular weight is 385 g/mol. The molecule has 3 rings (SSSR count). The Morgan fingerprint density at radius 2 is 1.88 bits per heavy atom. The maximum absolute atomic E-state index is 12.9. The first-order chi connectivity index (χ1) is 12.3. The summed E-state index contributed by atoms with van der Waals surface area (Å²) in [6, 6.07) is 4.62. The minimum atomic E-state index is -4.60. The number of halogens is 4. The van der Waals surface area contributed by atoms with Crippen molar-refractivity contribution in [2.75, 3.05) is 23.3 Å². The maximum Gasteiger partial charge on any atom is 0.417 e. The molecule has 26 heavy (non-hydrogen) atoms. The van der Waals surface area contributed by atoms with Crippen LogP contribution in [0.15, 0.2) is 30.5 Å². The van der Waals surface area contributed by atoms with E-state index in [-0.39, 0.29) is 11.4 Å². The molecule has 1 aliphatic rings. The largest absolute Gasteiger partial charge is 0.417 e. The summed E-state index contributed by atoms with van der Waals surface area (Å²) in [4.78, 5) is 22.8. The molecule has 1 aromatic heterocycles. The number of carbonyl (C=O) groups excluding carboxylic acids is 1. The van der Waals surface area contributed by atoms with Gasteiger partial charge in [-0.3, -0.25) is 4.79 Å². The van der Waals surface area contributed by atoms with E-state index in [1.54, 1.807) is 0 Å². The lowest BCUT2D eigenvalue weighted by Crippen LogP contribution is -2.31. The van der Waals surface area contributed by atoms with Crippen LogP contribution in [0.3, 0.4) is 0 Å². The van der Waals surface area contributed by atoms with Crippen molar-refractivity contribution in [1.29, 1.82) is 0 Å². The number of nitrogens with zero attached hydrogens (tertiary/aromatic N) is 3. The molecule has 1 amide bonds. The number of amides is 1. The molecule has 0 aliphatic carbocycles. The molecule has 1 aromatic carbocycles. The molecule has 2 aromatic rings. The fraction of sp³-hybridized carbons (Fsp3) is 0.353. The third kappa shape index (κ3) is 4.24. The molecule has 0 spiro atoms. The van der Waals surface area contributed by atoms with Gasteiger partial charge in [-0.25, -0.2) is 9.97 Å². The van der Waals surface area contributed by atoms with E-state index < -0.39 is 22.7 Å². The number of piperidine rings is 1. The molecule has 0 bridgehead atoms. The molecule has 0 unspecified atom stereocenters. The number of anilines is 2. The third-order valence-electron chi connectivity index (χ3n) is 4.04. The van der Waals surface area contributed by atoms with Crippen LogP contribution in [0.4, 0.5) is 24.8 Å². The molecular formula is C17H16ClF3N4O. The van der Waals surface area contributed by atoms with Crippen molar-refractivity contribution >= 4 is 29.1 Å². The summed E-state index contributed by atoms with van der Waals surface area (Å²) in [7, 11) is 0. The summed E-state index contributed by atoms with van der Waals surface area (Å²) in [6.45, 7) is 1.63. The van der Waals surface area contributed by atoms with Gasteiger partial charge < -0.3 is 10.2 Å². The van der Waals surface area contributed by atoms with Gasteiger partial charge in [-0.1, -0.05) is 11.6 Å². The first-order valence-corrected chi connectivity index (χ1v) is 8.48. The molecule has 5 nitrogen and oxygen atoms in total. The van der Waals surface area contributed by atoms with Crippen LogP contribution in [0.2, 0.25) is 5.02 Å². The highest BCUT2D eigenvalue weighted by atomic mass is 35.5. The second kappa shape index (κ2) is 7.49. The van der Waals surface area contributed by atoms with Gasteiger partial charge in [0.25, 0.3) is 5.91 Å². The zero-order valence-corrected chi connectivity index (χ0v) is 14.4. The van der Waals surface area contributed by atoms with Crippen LogP contribution in [0.1, 0.15) is 35.3 Å². The van der Waals surface area contributed by atoms with Crippen LogP contribution in [-0.2, 0) is 6.18 Å². The number of nitrogens with one attached hydrogen (secondary N) is 1. The lowest BCUT2D eigenvalue weighted by molar-refractivity contribution is -0.137. The highest BCUT2D eigenvalue weighted by Gasteiger charge is 2.33. The topological polar surface area (TPSA) is 58.1 Å². The van der Waals surface area contributed by atoms with Gasteiger partial charge in [0.05, 0.1) is 10.6 Å². The molecule has 9 heteroatoms. The van der Waals surface area contributed by atoms with Crippen molar-refractivity contribution in [3.8, 4) is 0 Å². The van der Waals surface area contributed by atoms with Crippen LogP contribution in [0.5, 0.6) is 0 Å². The molecule has 1 saturated heterocycles. The SMILES string of the molecule is O=C(Nc1ccc(Cl)c(C(F)(F)F)c1)c1ccnc(N2CCCCC2)n1. The quantitative estimate of drug-likeness (QED) is 0.852. The Hall–Kier alpha value is -2.35. The van der Waals surface area contributed by atoms with Gasteiger partial charge in [-0.05, 0) is 43.5 Å². The van der Waals surface area contributed by atoms with Crippen molar-refractivity contribution in [1.82, 2.24) is 9.97 Å². The van der Waals surface area contributed by atoms with Gasteiger partial charge in [-0.15, -0.1) is 0 Å². The summed E-state index contributed by atoms with van der Waals surface area (Å²) >= 11 is 5.58. The van der Waals surface area contributed by atoms with Crippen LogP contribution in [0, 0.1) is 0 Å². The van der Waals surface area contributed by atoms with Gasteiger partial charge in [0, 0.05) is 25.0 Å². The second-order valence-corrected chi connectivity index (χ2v) is 6.34. The molecular weight excluding hydrogens is 369 g/mol. The van der Waals surface area contributed by atoms with E-state index in [0.29, 0.717) is 5.95 Å². The van der Waals surface area contributed by atoms with E-state index in [1.807, 2.05) is 4.90 Å². The lowest BCUT2D eigenvalue weighted by Gasteiger charge is -2.26. The highest BCUT2D eigenvalue weighted by molar-refractivity contribution is 6.31. The molecule has 138 valence electrons. The smallest absolute Gasteiger partial charge is 0.341 e. The zero-order chi connectivity index (χ0) is 18.7. The first-order valence-electron chi connectivity index (χ1n) is 8.11. The van der Waals surface area contributed by atoms with E-state index >= 15 is 0 Å². The monoisotopic (exact) mass is 384 g/mol. The van der Waals surface area contributed by atoms with E-state index in [0.717, 1.165) is 44.5 Å². The number of benzene rings is 1. The fourth-order valence-electron chi connectivity index (χ4n) is 2.74. The van der Waals surface area contributed by atoms with Gasteiger partial charge in [0.2, 0.25) is 5.95 Å². The lowest BCUT2D eigenvalue weighted by atomic mass is 10.1. The highest BCUT2D eigenvalue weighted by Crippen LogP contribution is 2.36. The standard InChI is InChI=1S/C17H16ClF3N4O/c18-13-5-4-11(10-12(13)17(19,20)21)23-15(26)14-6-7-22-16(24-14)25-8-2-1-3-9-25/h4-7,10H,1-3,8-9H2,(H,23,26). The summed E-state index contributed by atoms with van der Waals surface area (Å²) in [5.41, 5.74) is -0.928. The van der Waals surface area contributed by atoms with Crippen LogP contribution in [-0.4, -0.2) is 29.0 Å². The first kappa shape index (κ1) is 18.4. The molecule has 0 saturated carbocycles. The normalized spacial score (nSPS) is 15.0. The van der Waals surface area contributed by atoms with Gasteiger partial charge in [0.1, 0.15) is 5.69 Å². The molecule has 0 atom stereocenters. The Labute approximate surface area is 153 Å². The van der Waals surface area contributed by atoms with Crippen molar-refractivity contribution in [2.24, 2.45) is 0 Å². The Kier molecular flexibility index (Phi) is 5.31. The van der Waals surface area contributed by atoms with E-state index in [1.165, 1.54) is 18.3 Å². The molecule has 1 N–H and O–H groups in total. The fourth-order valence-corrected chi connectivity index (χ4v) is 2.96. The average Bonchev–Trinajstić information content (AvgIpc) is 2.63.